The highest BCUT2D eigenvalue weighted by atomic mass is 16.4. The molecule has 3 aromatic rings. The van der Waals surface area contributed by atoms with Crippen molar-refractivity contribution in [2.45, 2.75) is 6.92 Å². The zero-order valence-corrected chi connectivity index (χ0v) is 12.8. The van der Waals surface area contributed by atoms with E-state index >= 15 is 0 Å². The number of aromatic nitrogens is 2. The highest BCUT2D eigenvalue weighted by Crippen LogP contribution is 2.23. The molecule has 6 heteroatoms. The van der Waals surface area contributed by atoms with E-state index in [0.29, 0.717) is 17.1 Å². The molecule has 6 nitrogen and oxygen atoms in total. The monoisotopic (exact) mass is 322 g/mol. The molecule has 2 aromatic carbocycles. The molecule has 3 rings (SSSR count). The molecule has 0 atom stereocenters. The first-order chi connectivity index (χ1) is 11.5. The zero-order chi connectivity index (χ0) is 17.3. The quantitative estimate of drug-likeness (QED) is 0.773. The molecule has 0 saturated carbocycles. The number of carbonyl (C=O) groups is 1. The van der Waals surface area contributed by atoms with E-state index in [0.717, 1.165) is 5.56 Å². The van der Waals surface area contributed by atoms with Gasteiger partial charge in [0, 0.05) is 12.3 Å². The lowest BCUT2D eigenvalue weighted by atomic mass is 10.1. The van der Waals surface area contributed by atoms with E-state index in [-0.39, 0.29) is 16.9 Å². The summed E-state index contributed by atoms with van der Waals surface area (Å²) in [6.07, 6.45) is 1.63. The van der Waals surface area contributed by atoms with Gasteiger partial charge >= 0.3 is 5.97 Å². The molecule has 0 aliphatic heterocycles. The first kappa shape index (κ1) is 15.5. The van der Waals surface area contributed by atoms with Crippen molar-refractivity contribution in [1.29, 1.82) is 0 Å². The van der Waals surface area contributed by atoms with E-state index in [4.69, 9.17) is 5.11 Å². The number of nitrogens with zero attached hydrogens (tertiary/aromatic N) is 2. The summed E-state index contributed by atoms with van der Waals surface area (Å²) in [5.74, 6) is -1.12. The number of benzene rings is 2. The molecule has 0 spiro atoms. The van der Waals surface area contributed by atoms with Crippen molar-refractivity contribution in [1.82, 2.24) is 9.55 Å². The van der Waals surface area contributed by atoms with Gasteiger partial charge in [0.05, 0.1) is 11.3 Å². The number of aromatic hydroxyl groups is 1. The van der Waals surface area contributed by atoms with Crippen LogP contribution in [0.15, 0.2) is 59.5 Å². The molecule has 0 fully saturated rings. The van der Waals surface area contributed by atoms with E-state index in [9.17, 15) is 14.7 Å². The summed E-state index contributed by atoms with van der Waals surface area (Å²) in [4.78, 5) is 27.2. The van der Waals surface area contributed by atoms with Gasteiger partial charge in [-0.15, -0.1) is 0 Å². The molecule has 120 valence electrons. The third-order valence-electron chi connectivity index (χ3n) is 3.68. The standard InChI is InChI=1S/C18H14N2O4/c1-11-19-17(22)15(12-5-3-2-4-6-12)10-20(11)13-7-8-14(18(23)24)16(21)9-13/h2-10,21H,1H3,(H,23,24). The highest BCUT2D eigenvalue weighted by Gasteiger charge is 2.13. The number of carboxylic acid groups (broad SMARTS) is 1. The van der Waals surface area contributed by atoms with Gasteiger partial charge in [-0.2, -0.15) is 4.98 Å². The number of phenols is 1. The normalized spacial score (nSPS) is 10.5. The Morgan fingerprint density at radius 1 is 1.12 bits per heavy atom. The Bertz CT molecular complexity index is 978. The molecule has 0 radical (unpaired) electrons. The summed E-state index contributed by atoms with van der Waals surface area (Å²) in [5, 5.41) is 18.9. The van der Waals surface area contributed by atoms with Crippen LogP contribution in [-0.2, 0) is 0 Å². The first-order valence-electron chi connectivity index (χ1n) is 7.20. The van der Waals surface area contributed by atoms with Crippen LogP contribution in [0, 0.1) is 6.92 Å². The van der Waals surface area contributed by atoms with E-state index < -0.39 is 5.97 Å². The second kappa shape index (κ2) is 6.00. The molecule has 24 heavy (non-hydrogen) atoms. The predicted molar refractivity (Wildman–Crippen MR) is 88.6 cm³/mol. The second-order valence-electron chi connectivity index (χ2n) is 5.25. The number of rotatable bonds is 3. The Labute approximate surface area is 137 Å². The maximum atomic E-state index is 12.2. The van der Waals surface area contributed by atoms with Gasteiger partial charge in [0.15, 0.2) is 0 Å². The Morgan fingerprint density at radius 3 is 2.46 bits per heavy atom. The van der Waals surface area contributed by atoms with Crippen molar-refractivity contribution in [2.75, 3.05) is 0 Å². The molecular weight excluding hydrogens is 308 g/mol. The van der Waals surface area contributed by atoms with Crippen molar-refractivity contribution in [3.8, 4) is 22.6 Å². The van der Waals surface area contributed by atoms with Gasteiger partial charge in [-0.3, -0.25) is 4.79 Å². The van der Waals surface area contributed by atoms with Crippen LogP contribution in [0.4, 0.5) is 0 Å². The molecule has 0 unspecified atom stereocenters. The second-order valence-corrected chi connectivity index (χ2v) is 5.25. The van der Waals surface area contributed by atoms with E-state index in [1.54, 1.807) is 23.8 Å². The summed E-state index contributed by atoms with van der Waals surface area (Å²) in [5.41, 5.74) is 1.13. The van der Waals surface area contributed by atoms with Crippen LogP contribution in [0.5, 0.6) is 5.75 Å². The van der Waals surface area contributed by atoms with Crippen molar-refractivity contribution < 1.29 is 15.0 Å². The molecular formula is C18H14N2O4. The minimum absolute atomic E-state index is 0.186. The number of aryl methyl sites for hydroxylation is 1. The van der Waals surface area contributed by atoms with Gasteiger partial charge in [0.1, 0.15) is 17.1 Å². The zero-order valence-electron chi connectivity index (χ0n) is 12.8. The van der Waals surface area contributed by atoms with Gasteiger partial charge in [-0.1, -0.05) is 30.3 Å². The molecule has 0 saturated heterocycles. The Balaban J connectivity index is 2.17. The third-order valence-corrected chi connectivity index (χ3v) is 3.68. The highest BCUT2D eigenvalue weighted by molar-refractivity contribution is 5.91. The lowest BCUT2D eigenvalue weighted by Crippen LogP contribution is -2.16. The average molecular weight is 322 g/mol. The Morgan fingerprint density at radius 2 is 1.83 bits per heavy atom. The molecule has 1 aromatic heterocycles. The number of hydrogen-bond donors (Lipinski definition) is 2. The van der Waals surface area contributed by atoms with Crippen LogP contribution in [0.25, 0.3) is 16.8 Å². The van der Waals surface area contributed by atoms with Crippen LogP contribution in [-0.4, -0.2) is 25.7 Å². The van der Waals surface area contributed by atoms with Gasteiger partial charge < -0.3 is 14.8 Å². The fourth-order valence-electron chi connectivity index (χ4n) is 2.47. The largest absolute Gasteiger partial charge is 0.507 e. The SMILES string of the molecule is Cc1nc(=O)c(-c2ccccc2)cn1-c1ccc(C(=O)O)c(O)c1. The summed E-state index contributed by atoms with van der Waals surface area (Å²) >= 11 is 0. The Kier molecular flexibility index (Phi) is 3.87. The number of carboxylic acids is 1. The topological polar surface area (TPSA) is 92.4 Å². The molecule has 0 bridgehead atoms. The lowest BCUT2D eigenvalue weighted by molar-refractivity contribution is 0.0694. The smallest absolute Gasteiger partial charge is 0.339 e. The first-order valence-corrected chi connectivity index (χ1v) is 7.20. The fraction of sp³-hybridized carbons (Fsp3) is 0.0556. The molecule has 1 heterocycles. The van der Waals surface area contributed by atoms with Crippen LogP contribution in [0.3, 0.4) is 0 Å². The van der Waals surface area contributed by atoms with Crippen LogP contribution in [0.1, 0.15) is 16.2 Å². The third kappa shape index (κ3) is 2.77. The van der Waals surface area contributed by atoms with E-state index in [2.05, 4.69) is 4.98 Å². The predicted octanol–water partition coefficient (Wildman–Crippen LogP) is 2.61. The molecule has 2 N–H and O–H groups in total. The number of hydrogen-bond acceptors (Lipinski definition) is 4. The van der Waals surface area contributed by atoms with Gasteiger partial charge in [-0.25, -0.2) is 4.79 Å². The van der Waals surface area contributed by atoms with Gasteiger partial charge in [0.2, 0.25) is 0 Å². The minimum Gasteiger partial charge on any atom is -0.507 e. The fourth-order valence-corrected chi connectivity index (χ4v) is 2.47. The van der Waals surface area contributed by atoms with Crippen molar-refractivity contribution in [3.05, 3.63) is 76.5 Å². The number of aromatic carboxylic acids is 1. The maximum Gasteiger partial charge on any atom is 0.339 e. The lowest BCUT2D eigenvalue weighted by Gasteiger charge is -2.13. The van der Waals surface area contributed by atoms with Gasteiger partial charge in [-0.05, 0) is 24.6 Å². The summed E-state index contributed by atoms with van der Waals surface area (Å²) in [7, 11) is 0. The summed E-state index contributed by atoms with van der Waals surface area (Å²) in [6, 6.07) is 13.3. The molecule has 0 aliphatic rings. The van der Waals surface area contributed by atoms with Crippen LogP contribution in [0.2, 0.25) is 0 Å². The van der Waals surface area contributed by atoms with Crippen LogP contribution >= 0.6 is 0 Å². The van der Waals surface area contributed by atoms with Crippen molar-refractivity contribution in [3.63, 3.8) is 0 Å². The average Bonchev–Trinajstić information content (AvgIpc) is 2.55. The van der Waals surface area contributed by atoms with Crippen molar-refractivity contribution >= 4 is 5.97 Å². The summed E-state index contributed by atoms with van der Waals surface area (Å²) in [6.45, 7) is 1.67. The van der Waals surface area contributed by atoms with Crippen LogP contribution < -0.4 is 5.56 Å². The van der Waals surface area contributed by atoms with Crippen molar-refractivity contribution in [2.24, 2.45) is 0 Å². The molecule has 0 aliphatic carbocycles. The van der Waals surface area contributed by atoms with E-state index in [1.165, 1.54) is 12.1 Å². The van der Waals surface area contributed by atoms with Gasteiger partial charge in [0.25, 0.3) is 5.56 Å². The van der Waals surface area contributed by atoms with E-state index in [1.807, 2.05) is 30.3 Å². The molecule has 0 amide bonds. The summed E-state index contributed by atoms with van der Waals surface area (Å²) < 4.78 is 1.63. The Hall–Kier alpha value is -3.41. The maximum absolute atomic E-state index is 12.2. The minimum atomic E-state index is -1.21.